The van der Waals surface area contributed by atoms with Gasteiger partial charge in [0.05, 0.1) is 11.6 Å². The molecule has 152 valence electrons. The molecule has 0 unspecified atom stereocenters. The van der Waals surface area contributed by atoms with E-state index in [2.05, 4.69) is 31.0 Å². The number of H-pyrrole nitrogens is 1. The summed E-state index contributed by atoms with van der Waals surface area (Å²) in [5, 5.41) is 1.12. The fraction of sp³-hybridized carbons (Fsp3) is 0.375. The minimum atomic E-state index is -0.409. The summed E-state index contributed by atoms with van der Waals surface area (Å²) in [6.07, 6.45) is 4.99. The maximum Gasteiger partial charge on any atom is 0.248 e. The van der Waals surface area contributed by atoms with Crippen LogP contribution in [0.25, 0.3) is 10.9 Å². The van der Waals surface area contributed by atoms with Gasteiger partial charge in [0.2, 0.25) is 5.91 Å². The lowest BCUT2D eigenvalue weighted by Crippen LogP contribution is -2.35. The van der Waals surface area contributed by atoms with E-state index in [1.807, 2.05) is 18.3 Å². The lowest BCUT2D eigenvalue weighted by atomic mass is 9.79. The van der Waals surface area contributed by atoms with Crippen LogP contribution in [0.5, 0.6) is 5.75 Å². The second-order valence-corrected chi connectivity index (χ2v) is 8.03. The van der Waals surface area contributed by atoms with Crippen LogP contribution in [0.3, 0.4) is 0 Å². The van der Waals surface area contributed by atoms with Crippen molar-refractivity contribution in [1.82, 2.24) is 4.98 Å². The number of aromatic amines is 1. The molecule has 0 spiro atoms. The molecule has 5 heteroatoms. The fourth-order valence-corrected chi connectivity index (χ4v) is 4.57. The number of aryl methyl sites for hydroxylation is 2. The van der Waals surface area contributed by atoms with Crippen LogP contribution in [0.2, 0.25) is 0 Å². The maximum absolute atomic E-state index is 11.4. The number of hydrogen-bond donors (Lipinski definition) is 2. The first kappa shape index (κ1) is 19.5. The van der Waals surface area contributed by atoms with Crippen LogP contribution in [0.4, 0.5) is 0 Å². The van der Waals surface area contributed by atoms with Crippen LogP contribution < -0.4 is 10.5 Å². The standard InChI is InChI=1S/C24H28N2O3/c1-14-12-15(2)23(19-10-11-26-22(14)19)29-21-9-8-18(28-3)13-20(21)16-4-6-17(7-5-16)24(25)27/h4-7,10-12,18,20-21,26H,8-9,13H2,1-3H3,(H2,25,27)/t18-,20-,21+/m0/s1. The zero-order valence-corrected chi connectivity index (χ0v) is 17.2. The molecule has 1 saturated carbocycles. The second-order valence-electron chi connectivity index (χ2n) is 8.03. The number of aromatic nitrogens is 1. The van der Waals surface area contributed by atoms with Gasteiger partial charge in [-0.3, -0.25) is 4.79 Å². The van der Waals surface area contributed by atoms with Gasteiger partial charge < -0.3 is 20.2 Å². The maximum atomic E-state index is 11.4. The Balaban J connectivity index is 1.68. The van der Waals surface area contributed by atoms with Crippen LogP contribution in [0.1, 0.15) is 52.2 Å². The number of nitrogens with two attached hydrogens (primary N) is 1. The van der Waals surface area contributed by atoms with Crippen LogP contribution in [-0.4, -0.2) is 30.2 Å². The Kier molecular flexibility index (Phi) is 5.33. The van der Waals surface area contributed by atoms with Crippen LogP contribution in [-0.2, 0) is 4.74 Å². The van der Waals surface area contributed by atoms with Gasteiger partial charge in [-0.15, -0.1) is 0 Å². The highest BCUT2D eigenvalue weighted by atomic mass is 16.5. The quantitative estimate of drug-likeness (QED) is 0.665. The van der Waals surface area contributed by atoms with Gasteiger partial charge in [-0.25, -0.2) is 0 Å². The van der Waals surface area contributed by atoms with Crippen LogP contribution in [0, 0.1) is 13.8 Å². The summed E-state index contributed by atoms with van der Waals surface area (Å²) >= 11 is 0. The monoisotopic (exact) mass is 392 g/mol. The molecule has 29 heavy (non-hydrogen) atoms. The molecule has 0 bridgehead atoms. The van der Waals surface area contributed by atoms with Gasteiger partial charge in [0.15, 0.2) is 0 Å². The molecule has 0 saturated heterocycles. The SMILES string of the molecule is CO[C@H]1CC[C@@H](Oc2c(C)cc(C)c3[nH]ccc23)[C@H](c2ccc(C(N)=O)cc2)C1. The molecule has 1 heterocycles. The third-order valence-electron chi connectivity index (χ3n) is 6.14. The largest absolute Gasteiger partial charge is 0.489 e. The summed E-state index contributed by atoms with van der Waals surface area (Å²) in [6, 6.07) is 11.8. The van der Waals surface area contributed by atoms with Gasteiger partial charge >= 0.3 is 0 Å². The molecule has 3 atom stereocenters. The first-order valence-corrected chi connectivity index (χ1v) is 10.1. The Labute approximate surface area is 171 Å². The Morgan fingerprint density at radius 3 is 2.55 bits per heavy atom. The summed E-state index contributed by atoms with van der Waals surface area (Å²) < 4.78 is 12.3. The Hall–Kier alpha value is -2.79. The minimum Gasteiger partial charge on any atom is -0.489 e. The predicted molar refractivity (Wildman–Crippen MR) is 115 cm³/mol. The Bertz CT molecular complexity index is 1020. The van der Waals surface area contributed by atoms with E-state index in [9.17, 15) is 4.79 Å². The number of methoxy groups -OCH3 is 1. The van der Waals surface area contributed by atoms with Crippen molar-refractivity contribution >= 4 is 16.8 Å². The summed E-state index contributed by atoms with van der Waals surface area (Å²) in [6.45, 7) is 4.22. The topological polar surface area (TPSA) is 77.3 Å². The minimum absolute atomic E-state index is 0.0420. The number of ether oxygens (including phenoxy) is 2. The highest BCUT2D eigenvalue weighted by Crippen LogP contribution is 2.40. The van der Waals surface area contributed by atoms with E-state index in [0.717, 1.165) is 47.0 Å². The molecule has 0 radical (unpaired) electrons. The van der Waals surface area contributed by atoms with Gasteiger partial charge in [0, 0.05) is 30.2 Å². The Morgan fingerprint density at radius 2 is 1.86 bits per heavy atom. The molecule has 4 rings (SSSR count). The van der Waals surface area contributed by atoms with Crippen molar-refractivity contribution in [2.75, 3.05) is 7.11 Å². The summed E-state index contributed by atoms with van der Waals surface area (Å²) in [5.74, 6) is 0.727. The number of hydrogen-bond acceptors (Lipinski definition) is 3. The van der Waals surface area contributed by atoms with Gasteiger partial charge in [-0.2, -0.15) is 0 Å². The smallest absolute Gasteiger partial charge is 0.248 e. The summed E-state index contributed by atoms with van der Waals surface area (Å²) in [5.41, 5.74) is 10.6. The first-order valence-electron chi connectivity index (χ1n) is 10.1. The molecule has 1 fully saturated rings. The highest BCUT2D eigenvalue weighted by Gasteiger charge is 2.34. The molecule has 3 N–H and O–H groups in total. The van der Waals surface area contributed by atoms with Gasteiger partial charge in [0.25, 0.3) is 0 Å². The van der Waals surface area contributed by atoms with E-state index in [0.29, 0.717) is 5.56 Å². The average molecular weight is 392 g/mol. The molecule has 3 aromatic rings. The summed E-state index contributed by atoms with van der Waals surface area (Å²) in [4.78, 5) is 14.8. The van der Waals surface area contributed by atoms with Crippen molar-refractivity contribution in [3.8, 4) is 5.75 Å². The zero-order chi connectivity index (χ0) is 20.5. The zero-order valence-electron chi connectivity index (χ0n) is 17.2. The van der Waals surface area contributed by atoms with Crippen molar-refractivity contribution in [2.24, 2.45) is 5.73 Å². The van der Waals surface area contributed by atoms with Gasteiger partial charge in [-0.05, 0) is 68.0 Å². The number of benzene rings is 2. The number of nitrogens with one attached hydrogen (secondary N) is 1. The van der Waals surface area contributed by atoms with Crippen molar-refractivity contribution in [3.63, 3.8) is 0 Å². The molecular formula is C24H28N2O3. The highest BCUT2D eigenvalue weighted by molar-refractivity contribution is 5.92. The molecule has 0 aliphatic heterocycles. The molecule has 5 nitrogen and oxygen atoms in total. The van der Waals surface area contributed by atoms with Crippen LogP contribution >= 0.6 is 0 Å². The predicted octanol–water partition coefficient (Wildman–Crippen LogP) is 4.61. The molecule has 2 aromatic carbocycles. The van der Waals surface area contributed by atoms with Crippen molar-refractivity contribution in [2.45, 2.75) is 51.2 Å². The molecular weight excluding hydrogens is 364 g/mol. The number of primary amides is 1. The molecule has 1 aromatic heterocycles. The lowest BCUT2D eigenvalue weighted by molar-refractivity contribution is 0.0193. The second kappa shape index (κ2) is 7.91. The molecule has 1 aliphatic rings. The van der Waals surface area contributed by atoms with Crippen LogP contribution in [0.15, 0.2) is 42.6 Å². The van der Waals surface area contributed by atoms with E-state index in [-0.39, 0.29) is 18.1 Å². The summed E-state index contributed by atoms with van der Waals surface area (Å²) in [7, 11) is 1.77. The van der Waals surface area contributed by atoms with Crippen molar-refractivity contribution in [1.29, 1.82) is 0 Å². The molecule has 1 amide bonds. The number of carbonyl (C=O) groups is 1. The molecule has 1 aliphatic carbocycles. The third kappa shape index (κ3) is 3.75. The first-order chi connectivity index (χ1) is 14.0. The van der Waals surface area contributed by atoms with E-state index >= 15 is 0 Å². The lowest BCUT2D eigenvalue weighted by Gasteiger charge is -2.36. The van der Waals surface area contributed by atoms with E-state index in [1.54, 1.807) is 19.2 Å². The van der Waals surface area contributed by atoms with Crippen molar-refractivity contribution < 1.29 is 14.3 Å². The van der Waals surface area contributed by atoms with E-state index < -0.39 is 5.91 Å². The van der Waals surface area contributed by atoms with Gasteiger partial charge in [0.1, 0.15) is 11.9 Å². The number of carbonyl (C=O) groups excluding carboxylic acids is 1. The van der Waals surface area contributed by atoms with Gasteiger partial charge in [-0.1, -0.05) is 18.2 Å². The average Bonchev–Trinajstić information content (AvgIpc) is 3.21. The fourth-order valence-electron chi connectivity index (χ4n) is 4.57. The normalized spacial score (nSPS) is 22.0. The third-order valence-corrected chi connectivity index (χ3v) is 6.14. The van der Waals surface area contributed by atoms with E-state index in [4.69, 9.17) is 15.2 Å². The van der Waals surface area contributed by atoms with Crippen molar-refractivity contribution in [3.05, 3.63) is 64.8 Å². The van der Waals surface area contributed by atoms with E-state index in [1.165, 1.54) is 5.56 Å². The number of amides is 1. The number of rotatable bonds is 5. The number of fused-ring (bicyclic) bond motifs is 1. The Morgan fingerprint density at radius 1 is 1.10 bits per heavy atom.